The van der Waals surface area contributed by atoms with E-state index in [1.54, 1.807) is 12.3 Å². The maximum atomic E-state index is 10.7. The van der Waals surface area contributed by atoms with Gasteiger partial charge in [-0.15, -0.1) is 15.8 Å². The summed E-state index contributed by atoms with van der Waals surface area (Å²) in [5, 5.41) is 0. The molecular formula is C23H40F3O3P2RhS-. The Hall–Kier alpha value is 0.663. The molecule has 0 amide bonds. The molecule has 3 aliphatic rings. The maximum absolute atomic E-state index is 10.7. The van der Waals surface area contributed by atoms with Crippen molar-refractivity contribution in [3.05, 3.63) is 24.3 Å². The van der Waals surface area contributed by atoms with Gasteiger partial charge in [0.25, 0.3) is 0 Å². The zero-order chi connectivity index (χ0) is 24.4. The Morgan fingerprint density at radius 1 is 0.727 bits per heavy atom. The van der Waals surface area contributed by atoms with E-state index in [0.717, 1.165) is 22.6 Å². The van der Waals surface area contributed by atoms with Crippen molar-refractivity contribution in [2.24, 2.45) is 0 Å². The summed E-state index contributed by atoms with van der Waals surface area (Å²) in [7, 11) is -5.30. The van der Waals surface area contributed by atoms with Gasteiger partial charge >= 0.3 is 5.51 Å². The summed E-state index contributed by atoms with van der Waals surface area (Å²) < 4.78 is 58.9. The Morgan fingerprint density at radius 3 is 1.12 bits per heavy atom. The third kappa shape index (κ3) is 13.0. The number of allylic oxidation sites excluding steroid dienone is 4. The molecule has 4 unspecified atom stereocenters. The summed E-state index contributed by atoms with van der Waals surface area (Å²) in [5.41, 5.74) is -1.34. The van der Waals surface area contributed by atoms with E-state index in [1.165, 1.54) is 51.4 Å². The molecule has 197 valence electrons. The molecule has 0 bridgehead atoms. The Balaban J connectivity index is 0.000000512. The second-order valence-electron chi connectivity index (χ2n) is 9.02. The van der Waals surface area contributed by atoms with Crippen LogP contribution < -0.4 is 0 Å². The second kappa shape index (κ2) is 16.4. The molecule has 2 fully saturated rings. The van der Waals surface area contributed by atoms with E-state index in [2.05, 4.69) is 52.0 Å². The first-order valence-electron chi connectivity index (χ1n) is 11.7. The monoisotopic (exact) mass is 618 g/mol. The Morgan fingerprint density at radius 2 is 0.939 bits per heavy atom. The molecule has 0 aromatic rings. The predicted octanol–water partition coefficient (Wildman–Crippen LogP) is 7.81. The summed E-state index contributed by atoms with van der Waals surface area (Å²) >= 11 is 0. The SMILES string of the molecule is C1=CCCC=CCC1.CC1CCC(C)P1CCP1C(C)CCC1C.O=S(=O)([O-])C(F)(F)F.[Rh]. The third-order valence-electron chi connectivity index (χ3n) is 6.50. The number of halogens is 3. The topological polar surface area (TPSA) is 57.2 Å². The van der Waals surface area contributed by atoms with Crippen LogP contribution in [-0.2, 0) is 29.6 Å². The van der Waals surface area contributed by atoms with Gasteiger partial charge in [-0.3, -0.25) is 0 Å². The molecule has 4 atom stereocenters. The number of hydrogen-bond acceptors (Lipinski definition) is 3. The molecule has 2 heterocycles. The van der Waals surface area contributed by atoms with Crippen molar-refractivity contribution in [1.82, 2.24) is 0 Å². The molecule has 2 saturated heterocycles. The molecule has 33 heavy (non-hydrogen) atoms. The van der Waals surface area contributed by atoms with Crippen molar-refractivity contribution >= 4 is 26.0 Å². The van der Waals surface area contributed by atoms with Crippen LogP contribution in [0.5, 0.6) is 0 Å². The van der Waals surface area contributed by atoms with E-state index in [-0.39, 0.29) is 19.5 Å². The van der Waals surface area contributed by atoms with Gasteiger partial charge in [0.2, 0.25) is 0 Å². The van der Waals surface area contributed by atoms with Gasteiger partial charge in [0, 0.05) is 19.5 Å². The molecule has 10 heteroatoms. The van der Waals surface area contributed by atoms with Gasteiger partial charge in [0.15, 0.2) is 10.1 Å². The molecule has 0 N–H and O–H groups in total. The van der Waals surface area contributed by atoms with Crippen molar-refractivity contribution in [3.8, 4) is 0 Å². The van der Waals surface area contributed by atoms with Crippen LogP contribution in [0.3, 0.4) is 0 Å². The number of alkyl halides is 3. The molecule has 0 aromatic carbocycles. The first-order chi connectivity index (χ1) is 14.8. The van der Waals surface area contributed by atoms with Gasteiger partial charge < -0.3 is 4.55 Å². The number of hydrogen-bond donors (Lipinski definition) is 0. The zero-order valence-electron chi connectivity index (χ0n) is 20.2. The summed E-state index contributed by atoms with van der Waals surface area (Å²) in [6.07, 6.45) is 23.3. The standard InChI is InChI=1S/C14H28P2.C8H12.CHF3O3S.Rh/c1-11-5-6-12(2)15(11)9-10-16-13(3)7-8-14(16)4;1-2-4-6-8-7-5-3-1;2-1(3,4)8(5,6)7;/h11-14H,5-10H2,1-4H3;1-2,7-8H,3-6H2;(H,5,6,7);/p-1. The molecule has 0 saturated carbocycles. The molecule has 1 radical (unpaired) electrons. The fourth-order valence-electron chi connectivity index (χ4n) is 4.47. The van der Waals surface area contributed by atoms with E-state index in [1.807, 2.05) is 0 Å². The van der Waals surface area contributed by atoms with Gasteiger partial charge in [-0.05, 0) is 86.3 Å². The minimum absolute atomic E-state index is 0. The van der Waals surface area contributed by atoms with Gasteiger partial charge in [-0.2, -0.15) is 13.2 Å². The molecular weight excluding hydrogens is 578 g/mol. The Labute approximate surface area is 214 Å². The van der Waals surface area contributed by atoms with Gasteiger partial charge in [-0.25, -0.2) is 8.42 Å². The van der Waals surface area contributed by atoms with Crippen LogP contribution in [-0.4, -0.2) is 53.4 Å². The Bertz CT molecular complexity index is 632. The van der Waals surface area contributed by atoms with Crippen molar-refractivity contribution in [3.63, 3.8) is 0 Å². The van der Waals surface area contributed by atoms with Crippen LogP contribution in [0.4, 0.5) is 13.2 Å². The minimum Gasteiger partial charge on any atom is -0.741 e. The third-order valence-corrected chi connectivity index (χ3v) is 14.5. The predicted molar refractivity (Wildman–Crippen MR) is 132 cm³/mol. The van der Waals surface area contributed by atoms with Crippen LogP contribution in [0.25, 0.3) is 0 Å². The first-order valence-corrected chi connectivity index (χ1v) is 16.4. The van der Waals surface area contributed by atoms with Crippen molar-refractivity contribution in [2.75, 3.05) is 12.3 Å². The fourth-order valence-corrected chi connectivity index (χ4v) is 11.7. The Kier molecular flexibility index (Phi) is 16.7. The average Bonchev–Trinajstić information content (AvgIpc) is 3.14. The van der Waals surface area contributed by atoms with Crippen molar-refractivity contribution < 1.29 is 45.6 Å². The number of rotatable bonds is 3. The molecule has 0 spiro atoms. The van der Waals surface area contributed by atoms with Gasteiger partial charge in [-0.1, -0.05) is 52.0 Å². The van der Waals surface area contributed by atoms with Crippen LogP contribution in [0, 0.1) is 0 Å². The average molecular weight is 618 g/mol. The van der Waals surface area contributed by atoms with Gasteiger partial charge in [0.1, 0.15) is 0 Å². The first kappa shape index (κ1) is 33.7. The molecule has 0 aromatic heterocycles. The summed E-state index contributed by atoms with van der Waals surface area (Å²) in [4.78, 5) is 0. The maximum Gasteiger partial charge on any atom is 0.485 e. The van der Waals surface area contributed by atoms with Gasteiger partial charge in [0.05, 0.1) is 0 Å². The van der Waals surface area contributed by atoms with Crippen LogP contribution in [0.1, 0.15) is 79.1 Å². The van der Waals surface area contributed by atoms with Crippen LogP contribution >= 0.6 is 15.8 Å². The molecule has 2 aliphatic heterocycles. The zero-order valence-corrected chi connectivity index (χ0v) is 24.4. The molecule has 3 nitrogen and oxygen atoms in total. The fraction of sp³-hybridized carbons (Fsp3) is 0.826. The minimum atomic E-state index is -6.09. The molecule has 3 rings (SSSR count). The van der Waals surface area contributed by atoms with Crippen molar-refractivity contribution in [2.45, 2.75) is 107 Å². The second-order valence-corrected chi connectivity index (χ2v) is 16.9. The summed E-state index contributed by atoms with van der Waals surface area (Å²) in [5.74, 6) is 0. The van der Waals surface area contributed by atoms with Crippen LogP contribution in [0.2, 0.25) is 0 Å². The molecule has 1 aliphatic carbocycles. The van der Waals surface area contributed by atoms with Crippen molar-refractivity contribution in [1.29, 1.82) is 0 Å². The van der Waals surface area contributed by atoms with E-state index >= 15 is 0 Å². The van der Waals surface area contributed by atoms with E-state index in [0.29, 0.717) is 15.8 Å². The summed E-state index contributed by atoms with van der Waals surface area (Å²) in [6.45, 7) is 10.1. The van der Waals surface area contributed by atoms with E-state index in [4.69, 9.17) is 13.0 Å². The van der Waals surface area contributed by atoms with E-state index in [9.17, 15) is 13.2 Å². The smallest absolute Gasteiger partial charge is 0.485 e. The summed E-state index contributed by atoms with van der Waals surface area (Å²) in [6, 6.07) is 0. The largest absolute Gasteiger partial charge is 0.741 e. The normalized spacial score (nSPS) is 31.9. The quantitative estimate of drug-likeness (QED) is 0.107. The van der Waals surface area contributed by atoms with E-state index < -0.39 is 15.6 Å². The van der Waals surface area contributed by atoms with Crippen LogP contribution in [0.15, 0.2) is 24.3 Å².